The van der Waals surface area contributed by atoms with Crippen molar-refractivity contribution in [1.29, 1.82) is 0 Å². The molecule has 0 atom stereocenters. The fourth-order valence-electron chi connectivity index (χ4n) is 3.31. The third-order valence-electron chi connectivity index (χ3n) is 4.96. The molecule has 164 valence electrons. The molecule has 1 aliphatic rings. The molecule has 1 aromatic carbocycles. The third kappa shape index (κ3) is 9.28. The topological polar surface area (TPSA) is 72.6 Å². The molecule has 1 amide bonds. The minimum absolute atomic E-state index is 0.0175. The molecule has 1 aromatic heterocycles. The Labute approximate surface area is 188 Å². The van der Waals surface area contributed by atoms with Crippen LogP contribution in [0.1, 0.15) is 53.8 Å². The van der Waals surface area contributed by atoms with Gasteiger partial charge in [-0.15, -0.1) is 11.3 Å². The number of ether oxygens (including phenoxy) is 1. The Bertz CT molecular complexity index is 786. The van der Waals surface area contributed by atoms with Crippen LogP contribution in [0.15, 0.2) is 36.4 Å². The smallest absolute Gasteiger partial charge is 0.217 e. The summed E-state index contributed by atoms with van der Waals surface area (Å²) in [6.45, 7) is 3.88. The summed E-state index contributed by atoms with van der Waals surface area (Å²) in [4.78, 5) is 26.1. The van der Waals surface area contributed by atoms with Crippen molar-refractivity contribution in [2.45, 2.75) is 44.9 Å². The van der Waals surface area contributed by atoms with Crippen molar-refractivity contribution in [3.05, 3.63) is 51.2 Å². The van der Waals surface area contributed by atoms with E-state index < -0.39 is 0 Å². The fraction of sp³-hybridized carbons (Fsp3) is 0.478. The summed E-state index contributed by atoms with van der Waals surface area (Å²) < 4.78 is 5.91. The van der Waals surface area contributed by atoms with Gasteiger partial charge in [-0.3, -0.25) is 9.59 Å². The first-order valence-corrected chi connectivity index (χ1v) is 11.6. The molecule has 1 fully saturated rings. The Balaban J connectivity index is 0.000000215. The molecule has 2 aromatic rings. The molecule has 30 heavy (non-hydrogen) atoms. The van der Waals surface area contributed by atoms with Gasteiger partial charge in [0.2, 0.25) is 5.91 Å². The number of amides is 1. The highest BCUT2D eigenvalue weighted by molar-refractivity contribution is 7.16. The zero-order chi connectivity index (χ0) is 21.8. The van der Waals surface area contributed by atoms with Crippen LogP contribution in [0.3, 0.4) is 0 Å². The lowest BCUT2D eigenvalue weighted by molar-refractivity contribution is -0.118. The molecule has 5 nitrogen and oxygen atoms in total. The molecule has 0 radical (unpaired) electrons. The highest BCUT2D eigenvalue weighted by Gasteiger charge is 2.10. The van der Waals surface area contributed by atoms with Crippen LogP contribution < -0.4 is 10.5 Å². The van der Waals surface area contributed by atoms with Crippen LogP contribution in [-0.2, 0) is 11.2 Å². The van der Waals surface area contributed by atoms with Gasteiger partial charge in [-0.05, 0) is 88.1 Å². The molecule has 0 spiro atoms. The monoisotopic (exact) mass is 450 g/mol. The molecule has 1 aliphatic heterocycles. The summed E-state index contributed by atoms with van der Waals surface area (Å²) in [6, 6.07) is 11.0. The first kappa shape index (κ1) is 24.4. The number of rotatable bonds is 10. The van der Waals surface area contributed by atoms with Gasteiger partial charge in [-0.25, -0.2) is 0 Å². The number of hydrogen-bond donors (Lipinski definition) is 1. The summed E-state index contributed by atoms with van der Waals surface area (Å²) in [5.41, 5.74) is 5.62. The number of nitrogens with two attached hydrogens (primary N) is 1. The highest BCUT2D eigenvalue weighted by atomic mass is 35.5. The summed E-state index contributed by atoms with van der Waals surface area (Å²) in [7, 11) is 1.57. The predicted octanol–water partition coefficient (Wildman–Crippen LogP) is 4.96. The molecule has 0 bridgehead atoms. The predicted molar refractivity (Wildman–Crippen MR) is 124 cm³/mol. The number of hydrogen-bond acceptors (Lipinski definition) is 5. The number of thiophene rings is 1. The standard InChI is InChI=1S/C12H15NO3.C11H16ClNS/c1-16-10-7-5-9(6-8-10)11(14)3-2-4-12(13)15;12-11-6-5-10(14-11)4-3-9-13-7-1-2-8-13/h5-8H,2-4H2,1H3,(H2,13,15);5-6H,1-4,7-9H2. The average Bonchev–Trinajstić information content (AvgIpc) is 3.40. The number of aryl methyl sites for hydroxylation is 1. The Morgan fingerprint density at radius 2 is 1.77 bits per heavy atom. The molecular weight excluding hydrogens is 420 g/mol. The number of carbonyl (C=O) groups excluding carboxylic acids is 2. The maximum atomic E-state index is 11.6. The van der Waals surface area contributed by atoms with Crippen LogP contribution in [0.4, 0.5) is 0 Å². The van der Waals surface area contributed by atoms with Gasteiger partial charge in [0.25, 0.3) is 0 Å². The summed E-state index contributed by atoms with van der Waals surface area (Å²) in [6.07, 6.45) is 6.34. The zero-order valence-corrected chi connectivity index (χ0v) is 19.1. The van der Waals surface area contributed by atoms with E-state index in [-0.39, 0.29) is 18.1 Å². The molecule has 0 saturated carbocycles. The van der Waals surface area contributed by atoms with E-state index in [0.717, 1.165) is 4.34 Å². The lowest BCUT2D eigenvalue weighted by Gasteiger charge is -2.13. The van der Waals surface area contributed by atoms with E-state index in [1.54, 1.807) is 42.7 Å². The van der Waals surface area contributed by atoms with Crippen molar-refractivity contribution >= 4 is 34.6 Å². The lowest BCUT2D eigenvalue weighted by Crippen LogP contribution is -2.20. The van der Waals surface area contributed by atoms with Gasteiger partial charge < -0.3 is 15.4 Å². The number of halogens is 1. The van der Waals surface area contributed by atoms with Crippen LogP contribution in [-0.4, -0.2) is 43.3 Å². The van der Waals surface area contributed by atoms with E-state index in [0.29, 0.717) is 24.2 Å². The molecule has 7 heteroatoms. The number of benzene rings is 1. The van der Waals surface area contributed by atoms with E-state index in [9.17, 15) is 9.59 Å². The molecule has 3 rings (SSSR count). The molecule has 2 N–H and O–H groups in total. The van der Waals surface area contributed by atoms with Crippen molar-refractivity contribution in [3.8, 4) is 5.75 Å². The van der Waals surface area contributed by atoms with Gasteiger partial charge in [0.15, 0.2) is 5.78 Å². The van der Waals surface area contributed by atoms with Gasteiger partial charge in [0, 0.05) is 23.3 Å². The van der Waals surface area contributed by atoms with Crippen LogP contribution in [0, 0.1) is 0 Å². The van der Waals surface area contributed by atoms with E-state index >= 15 is 0 Å². The van der Waals surface area contributed by atoms with Gasteiger partial charge in [-0.1, -0.05) is 11.6 Å². The van der Waals surface area contributed by atoms with Crippen molar-refractivity contribution in [2.75, 3.05) is 26.7 Å². The summed E-state index contributed by atoms with van der Waals surface area (Å²) >= 11 is 7.59. The number of Topliss-reactive ketones (excluding diaryl/α,β-unsaturated/α-hetero) is 1. The van der Waals surface area contributed by atoms with E-state index in [1.807, 2.05) is 6.07 Å². The van der Waals surface area contributed by atoms with Crippen molar-refractivity contribution in [1.82, 2.24) is 4.90 Å². The Morgan fingerprint density at radius 3 is 2.33 bits per heavy atom. The molecule has 1 saturated heterocycles. The van der Waals surface area contributed by atoms with Crippen LogP contribution in [0.25, 0.3) is 0 Å². The number of likely N-dealkylation sites (tertiary alicyclic amines) is 1. The number of methoxy groups -OCH3 is 1. The second kappa shape index (κ2) is 13.4. The SMILES string of the molecule is COc1ccc(C(=O)CCCC(N)=O)cc1.Clc1ccc(CCCN2CCCC2)s1. The molecule has 0 unspecified atom stereocenters. The first-order chi connectivity index (χ1) is 14.5. The number of primary amides is 1. The second-order valence-electron chi connectivity index (χ2n) is 7.33. The van der Waals surface area contributed by atoms with Crippen molar-refractivity contribution in [2.24, 2.45) is 5.73 Å². The van der Waals surface area contributed by atoms with E-state index in [2.05, 4.69) is 11.0 Å². The normalized spacial score (nSPS) is 13.5. The molecule has 0 aliphatic carbocycles. The second-order valence-corrected chi connectivity index (χ2v) is 9.13. The van der Waals surface area contributed by atoms with E-state index in [4.69, 9.17) is 22.1 Å². The summed E-state index contributed by atoms with van der Waals surface area (Å²) in [5.74, 6) is 0.361. The minimum Gasteiger partial charge on any atom is -0.497 e. The van der Waals surface area contributed by atoms with Crippen molar-refractivity contribution < 1.29 is 14.3 Å². The largest absolute Gasteiger partial charge is 0.497 e. The van der Waals surface area contributed by atoms with Gasteiger partial charge in [0.1, 0.15) is 5.75 Å². The van der Waals surface area contributed by atoms with Gasteiger partial charge in [0.05, 0.1) is 11.4 Å². The third-order valence-corrected chi connectivity index (χ3v) is 6.25. The fourth-order valence-corrected chi connectivity index (χ4v) is 4.44. The number of nitrogens with zero attached hydrogens (tertiary/aromatic N) is 1. The highest BCUT2D eigenvalue weighted by Crippen LogP contribution is 2.22. The van der Waals surface area contributed by atoms with Gasteiger partial charge >= 0.3 is 0 Å². The minimum atomic E-state index is -0.373. The van der Waals surface area contributed by atoms with Crippen LogP contribution in [0.2, 0.25) is 4.34 Å². The number of ketones is 1. The zero-order valence-electron chi connectivity index (χ0n) is 17.6. The maximum absolute atomic E-state index is 11.6. The van der Waals surface area contributed by atoms with Gasteiger partial charge in [-0.2, -0.15) is 0 Å². The average molecular weight is 451 g/mol. The number of carbonyl (C=O) groups is 2. The lowest BCUT2D eigenvalue weighted by atomic mass is 10.1. The van der Waals surface area contributed by atoms with Crippen LogP contribution in [0.5, 0.6) is 5.75 Å². The Morgan fingerprint density at radius 1 is 1.07 bits per heavy atom. The quantitative estimate of drug-likeness (QED) is 0.519. The molecular formula is C23H31ClN2O3S. The maximum Gasteiger partial charge on any atom is 0.217 e. The molecule has 2 heterocycles. The van der Waals surface area contributed by atoms with E-state index in [1.165, 1.54) is 50.2 Å². The van der Waals surface area contributed by atoms with Crippen molar-refractivity contribution in [3.63, 3.8) is 0 Å². The Hall–Kier alpha value is -1.89. The first-order valence-electron chi connectivity index (χ1n) is 10.4. The summed E-state index contributed by atoms with van der Waals surface area (Å²) in [5, 5.41) is 0. The Kier molecular flexibility index (Phi) is 10.9. The van der Waals surface area contributed by atoms with Crippen LogP contribution >= 0.6 is 22.9 Å².